The van der Waals surface area contributed by atoms with Crippen LogP contribution in [0.3, 0.4) is 0 Å². The molecule has 0 aliphatic carbocycles. The van der Waals surface area contributed by atoms with Gasteiger partial charge in [0.25, 0.3) is 0 Å². The molecule has 3 nitrogen and oxygen atoms in total. The van der Waals surface area contributed by atoms with Crippen molar-refractivity contribution in [2.45, 2.75) is 5.63 Å². The Bertz CT molecular complexity index is 93.9. The summed E-state index contributed by atoms with van der Waals surface area (Å²) in [7, 11) is -3.05. The van der Waals surface area contributed by atoms with E-state index in [2.05, 4.69) is 5.73 Å². The van der Waals surface area contributed by atoms with Crippen molar-refractivity contribution in [3.05, 3.63) is 0 Å². The molecule has 6 heteroatoms. The third kappa shape index (κ3) is 6.44. The average Bonchev–Trinajstić information content (AvgIpc) is 1.36. The van der Waals surface area contributed by atoms with E-state index in [1.165, 1.54) is 0 Å². The maximum absolute atomic E-state index is 11.0. The van der Waals surface area contributed by atoms with E-state index in [4.69, 9.17) is 0 Å². The summed E-state index contributed by atoms with van der Waals surface area (Å²) in [6, 6.07) is 0. The average molecular weight is 121 g/mol. The summed E-state index contributed by atoms with van der Waals surface area (Å²) in [4.78, 5) is 0. The molecule has 0 radical (unpaired) electrons. The first-order chi connectivity index (χ1) is 2.64. The molecule has 0 aliphatic heterocycles. The number of hydrogen-bond acceptors (Lipinski definition) is 3. The second-order valence-electron chi connectivity index (χ2n) is 0.658. The quantitative estimate of drug-likeness (QED) is 0.243. The van der Waals surface area contributed by atoms with Crippen LogP contribution in [-0.2, 0) is 10.7 Å². The normalized spacial score (nSPS) is 13.0. The van der Waals surface area contributed by atoms with Crippen LogP contribution in [0.2, 0.25) is 0 Å². The molecule has 0 saturated carbocycles. The van der Waals surface area contributed by atoms with Gasteiger partial charge in [-0.2, -0.15) is 0 Å². The SMILES string of the molecule is NC(F)[SH](=O)=O.[LiH]. The van der Waals surface area contributed by atoms with Gasteiger partial charge in [-0.1, -0.05) is 0 Å². The molecule has 0 rings (SSSR count). The molecular formula is CH5FLiNO2S. The van der Waals surface area contributed by atoms with Gasteiger partial charge < -0.3 is 0 Å². The summed E-state index contributed by atoms with van der Waals surface area (Å²) in [5.41, 5.74) is 1.98. The van der Waals surface area contributed by atoms with Gasteiger partial charge in [-0.05, 0) is 0 Å². The van der Waals surface area contributed by atoms with Crippen molar-refractivity contribution in [3.8, 4) is 0 Å². The van der Waals surface area contributed by atoms with Gasteiger partial charge in [-0.3, -0.25) is 5.73 Å². The van der Waals surface area contributed by atoms with Crippen LogP contribution in [0.1, 0.15) is 0 Å². The molecule has 0 fully saturated rings. The topological polar surface area (TPSA) is 60.2 Å². The van der Waals surface area contributed by atoms with E-state index in [0.29, 0.717) is 0 Å². The molecule has 1 atom stereocenters. The van der Waals surface area contributed by atoms with Gasteiger partial charge >= 0.3 is 18.9 Å². The van der Waals surface area contributed by atoms with Crippen LogP contribution >= 0.6 is 0 Å². The van der Waals surface area contributed by atoms with E-state index in [9.17, 15) is 12.8 Å². The van der Waals surface area contributed by atoms with Crippen LogP contribution in [0.4, 0.5) is 4.39 Å². The molecule has 0 spiro atoms. The molecule has 0 bridgehead atoms. The number of halogens is 1. The Kier molecular flexibility index (Phi) is 6.84. The third-order valence-corrected chi connectivity index (χ3v) is 0.604. The Morgan fingerprint density at radius 1 is 1.57 bits per heavy atom. The van der Waals surface area contributed by atoms with E-state index >= 15 is 0 Å². The zero-order valence-electron chi connectivity index (χ0n) is 2.80. The summed E-state index contributed by atoms with van der Waals surface area (Å²) in [6.45, 7) is 0. The van der Waals surface area contributed by atoms with Gasteiger partial charge in [0.15, 0.2) is 10.7 Å². The van der Waals surface area contributed by atoms with Crippen molar-refractivity contribution in [2.24, 2.45) is 5.73 Å². The minimum atomic E-state index is -3.05. The van der Waals surface area contributed by atoms with E-state index in [0.717, 1.165) is 0 Å². The van der Waals surface area contributed by atoms with E-state index in [1.54, 1.807) is 0 Å². The van der Waals surface area contributed by atoms with Crippen molar-refractivity contribution >= 4 is 29.6 Å². The number of hydrogen-bond donors (Lipinski definition) is 2. The van der Waals surface area contributed by atoms with Gasteiger partial charge in [0.2, 0.25) is 5.63 Å². The Morgan fingerprint density at radius 3 is 1.71 bits per heavy atom. The molecule has 0 saturated heterocycles. The van der Waals surface area contributed by atoms with Crippen molar-refractivity contribution in [1.82, 2.24) is 0 Å². The third-order valence-electron chi connectivity index (χ3n) is 0.201. The predicted octanol–water partition coefficient (Wildman–Crippen LogP) is -1.84. The molecule has 7 heavy (non-hydrogen) atoms. The second-order valence-corrected chi connectivity index (χ2v) is 1.72. The monoisotopic (exact) mass is 121 g/mol. The molecule has 0 aromatic heterocycles. The standard InChI is InChI=1S/CH4FNO2S.Li.H/c2-1(3)6(4)5;;/h1,6H,3H2;;. The fraction of sp³-hybridized carbons (Fsp3) is 1.00. The zero-order chi connectivity index (χ0) is 5.15. The van der Waals surface area contributed by atoms with Crippen molar-refractivity contribution < 1.29 is 12.8 Å². The van der Waals surface area contributed by atoms with Gasteiger partial charge in [0.1, 0.15) is 0 Å². The fourth-order valence-corrected chi connectivity index (χ4v) is 0. The van der Waals surface area contributed by atoms with Gasteiger partial charge in [0.05, 0.1) is 0 Å². The summed E-state index contributed by atoms with van der Waals surface area (Å²) in [5.74, 6) is 0. The molecule has 0 aliphatic rings. The Labute approximate surface area is 54.2 Å². The first-order valence-corrected chi connectivity index (χ1v) is 2.42. The maximum atomic E-state index is 11.0. The summed E-state index contributed by atoms with van der Waals surface area (Å²) < 4.78 is 29.5. The van der Waals surface area contributed by atoms with Crippen LogP contribution < -0.4 is 5.73 Å². The summed E-state index contributed by atoms with van der Waals surface area (Å²) >= 11 is 0. The van der Waals surface area contributed by atoms with Crippen molar-refractivity contribution in [1.29, 1.82) is 0 Å². The zero-order valence-corrected chi connectivity index (χ0v) is 3.69. The Balaban J connectivity index is 0. The molecule has 0 amide bonds. The van der Waals surface area contributed by atoms with Crippen molar-refractivity contribution in [2.75, 3.05) is 0 Å². The van der Waals surface area contributed by atoms with Crippen LogP contribution in [0.15, 0.2) is 0 Å². The predicted molar refractivity (Wildman–Crippen MR) is 26.5 cm³/mol. The van der Waals surface area contributed by atoms with E-state index < -0.39 is 16.3 Å². The number of nitrogens with two attached hydrogens (primary N) is 1. The van der Waals surface area contributed by atoms with Crippen LogP contribution in [0.5, 0.6) is 0 Å². The summed E-state index contributed by atoms with van der Waals surface area (Å²) in [6.07, 6.45) is 0. The van der Waals surface area contributed by atoms with Gasteiger partial charge in [-0.25, -0.2) is 12.8 Å². The van der Waals surface area contributed by atoms with Crippen LogP contribution in [0, 0.1) is 0 Å². The van der Waals surface area contributed by atoms with Gasteiger partial charge in [-0.15, -0.1) is 0 Å². The number of rotatable bonds is 1. The van der Waals surface area contributed by atoms with Gasteiger partial charge in [0, 0.05) is 0 Å². The van der Waals surface area contributed by atoms with Crippen LogP contribution in [0.25, 0.3) is 0 Å². The number of alkyl halides is 1. The molecule has 0 aromatic carbocycles. The second kappa shape index (κ2) is 4.59. The Hall–Kier alpha value is 0.437. The summed E-state index contributed by atoms with van der Waals surface area (Å²) in [5, 5.41) is 0. The van der Waals surface area contributed by atoms with Crippen molar-refractivity contribution in [3.63, 3.8) is 0 Å². The van der Waals surface area contributed by atoms with Crippen LogP contribution in [-0.4, -0.2) is 32.9 Å². The Morgan fingerprint density at radius 2 is 1.71 bits per heavy atom. The molecule has 2 N–H and O–H groups in total. The minimum absolute atomic E-state index is 0. The molecule has 0 heterocycles. The van der Waals surface area contributed by atoms with E-state index in [1.807, 2.05) is 0 Å². The molecule has 0 aromatic rings. The first kappa shape index (κ1) is 10.4. The molecule has 1 unspecified atom stereocenters. The first-order valence-electron chi connectivity index (χ1n) is 1.17. The number of thiol groups is 1. The fourth-order valence-electron chi connectivity index (χ4n) is 0. The molecule has 40 valence electrons. The van der Waals surface area contributed by atoms with E-state index in [-0.39, 0.29) is 18.9 Å². The molecular weight excluding hydrogens is 116 g/mol.